The second-order valence-corrected chi connectivity index (χ2v) is 5.13. The van der Waals surface area contributed by atoms with E-state index in [-0.39, 0.29) is 18.7 Å². The van der Waals surface area contributed by atoms with E-state index in [1.165, 1.54) is 0 Å². The molecule has 1 atom stereocenters. The molecule has 2 aromatic carbocycles. The molecule has 1 heterocycles. The zero-order chi connectivity index (χ0) is 13.9. The Morgan fingerprint density at radius 3 is 2.90 bits per heavy atom. The van der Waals surface area contributed by atoms with Crippen molar-refractivity contribution in [2.24, 2.45) is 0 Å². The SMILES string of the molecule is O=C(Nc1cccc2ccccc12)N1CCC[C@H]1CO. The summed E-state index contributed by atoms with van der Waals surface area (Å²) in [6, 6.07) is 13.7. The van der Waals surface area contributed by atoms with Crippen LogP contribution in [0.3, 0.4) is 0 Å². The molecule has 0 unspecified atom stereocenters. The third kappa shape index (κ3) is 2.34. The fourth-order valence-corrected chi connectivity index (χ4v) is 2.81. The van der Waals surface area contributed by atoms with E-state index in [4.69, 9.17) is 0 Å². The van der Waals surface area contributed by atoms with Crippen LogP contribution in [0.15, 0.2) is 42.5 Å². The lowest BCUT2D eigenvalue weighted by atomic mass is 10.1. The van der Waals surface area contributed by atoms with Gasteiger partial charge in [-0.3, -0.25) is 0 Å². The number of aliphatic hydroxyl groups excluding tert-OH is 1. The monoisotopic (exact) mass is 270 g/mol. The zero-order valence-electron chi connectivity index (χ0n) is 11.2. The van der Waals surface area contributed by atoms with Gasteiger partial charge in [-0.25, -0.2) is 4.79 Å². The standard InChI is InChI=1S/C16H18N2O2/c19-11-13-7-4-10-18(13)16(20)17-15-9-3-6-12-5-1-2-8-14(12)15/h1-3,5-6,8-9,13,19H,4,7,10-11H2,(H,17,20)/t13-/m0/s1. The van der Waals surface area contributed by atoms with Crippen molar-refractivity contribution in [2.75, 3.05) is 18.5 Å². The lowest BCUT2D eigenvalue weighted by molar-refractivity contribution is 0.166. The maximum atomic E-state index is 12.3. The predicted molar refractivity (Wildman–Crippen MR) is 79.8 cm³/mol. The van der Waals surface area contributed by atoms with E-state index in [0.29, 0.717) is 6.54 Å². The molecule has 2 aromatic rings. The van der Waals surface area contributed by atoms with Crippen molar-refractivity contribution in [3.8, 4) is 0 Å². The number of rotatable bonds is 2. The summed E-state index contributed by atoms with van der Waals surface area (Å²) < 4.78 is 0. The fourth-order valence-electron chi connectivity index (χ4n) is 2.81. The molecule has 1 fully saturated rings. The fraction of sp³-hybridized carbons (Fsp3) is 0.312. The Hall–Kier alpha value is -2.07. The largest absolute Gasteiger partial charge is 0.394 e. The molecular formula is C16H18N2O2. The minimum absolute atomic E-state index is 0.0307. The van der Waals surface area contributed by atoms with Crippen molar-refractivity contribution in [3.63, 3.8) is 0 Å². The highest BCUT2D eigenvalue weighted by Crippen LogP contribution is 2.24. The number of benzene rings is 2. The number of nitrogens with zero attached hydrogens (tertiary/aromatic N) is 1. The molecule has 0 radical (unpaired) electrons. The molecule has 3 rings (SSSR count). The van der Waals surface area contributed by atoms with Crippen LogP contribution in [0.2, 0.25) is 0 Å². The van der Waals surface area contributed by atoms with Gasteiger partial charge in [-0.2, -0.15) is 0 Å². The molecule has 2 amide bonds. The molecule has 1 saturated heterocycles. The molecule has 0 saturated carbocycles. The first kappa shape index (κ1) is 12.9. The van der Waals surface area contributed by atoms with E-state index in [2.05, 4.69) is 5.32 Å². The molecule has 4 heteroatoms. The molecule has 0 bridgehead atoms. The maximum Gasteiger partial charge on any atom is 0.322 e. The van der Waals surface area contributed by atoms with Gasteiger partial charge in [0.25, 0.3) is 0 Å². The van der Waals surface area contributed by atoms with Gasteiger partial charge in [0.2, 0.25) is 0 Å². The van der Waals surface area contributed by atoms with Crippen LogP contribution < -0.4 is 5.32 Å². The number of hydrogen-bond acceptors (Lipinski definition) is 2. The minimum atomic E-state index is -0.127. The molecule has 0 aromatic heterocycles. The van der Waals surface area contributed by atoms with Gasteiger partial charge >= 0.3 is 6.03 Å². The highest BCUT2D eigenvalue weighted by molar-refractivity contribution is 6.01. The topological polar surface area (TPSA) is 52.6 Å². The van der Waals surface area contributed by atoms with Crippen LogP contribution in [0.5, 0.6) is 0 Å². The minimum Gasteiger partial charge on any atom is -0.394 e. The van der Waals surface area contributed by atoms with E-state index >= 15 is 0 Å². The summed E-state index contributed by atoms with van der Waals surface area (Å²) in [5.74, 6) is 0. The Balaban J connectivity index is 1.84. The van der Waals surface area contributed by atoms with Crippen molar-refractivity contribution in [3.05, 3.63) is 42.5 Å². The first-order valence-corrected chi connectivity index (χ1v) is 6.96. The number of urea groups is 1. The summed E-state index contributed by atoms with van der Waals surface area (Å²) in [4.78, 5) is 14.1. The van der Waals surface area contributed by atoms with Crippen LogP contribution in [0.25, 0.3) is 10.8 Å². The molecule has 4 nitrogen and oxygen atoms in total. The van der Waals surface area contributed by atoms with Gasteiger partial charge in [-0.05, 0) is 24.3 Å². The summed E-state index contributed by atoms with van der Waals surface area (Å²) in [5, 5.41) is 14.4. The number of hydrogen-bond donors (Lipinski definition) is 2. The third-order valence-corrected chi connectivity index (χ3v) is 3.88. The molecule has 104 valence electrons. The highest BCUT2D eigenvalue weighted by Gasteiger charge is 2.28. The van der Waals surface area contributed by atoms with Gasteiger partial charge in [-0.1, -0.05) is 36.4 Å². The molecule has 1 aliphatic rings. The second-order valence-electron chi connectivity index (χ2n) is 5.13. The zero-order valence-corrected chi connectivity index (χ0v) is 11.2. The normalized spacial score (nSPS) is 18.4. The number of carbonyl (C=O) groups is 1. The smallest absolute Gasteiger partial charge is 0.322 e. The summed E-state index contributed by atoms with van der Waals surface area (Å²) in [5.41, 5.74) is 0.816. The third-order valence-electron chi connectivity index (χ3n) is 3.88. The first-order chi connectivity index (χ1) is 9.79. The molecule has 2 N–H and O–H groups in total. The summed E-state index contributed by atoms with van der Waals surface area (Å²) in [6.07, 6.45) is 1.83. The Morgan fingerprint density at radius 2 is 2.05 bits per heavy atom. The number of anilines is 1. The lowest BCUT2D eigenvalue weighted by Gasteiger charge is -2.23. The van der Waals surface area contributed by atoms with Crippen LogP contribution in [-0.4, -0.2) is 35.2 Å². The van der Waals surface area contributed by atoms with Gasteiger partial charge < -0.3 is 15.3 Å². The van der Waals surface area contributed by atoms with E-state index in [1.807, 2.05) is 42.5 Å². The Kier molecular flexibility index (Phi) is 3.56. The van der Waals surface area contributed by atoms with Gasteiger partial charge in [0, 0.05) is 11.9 Å². The molecule has 0 aliphatic carbocycles. The number of nitrogens with one attached hydrogen (secondary N) is 1. The van der Waals surface area contributed by atoms with E-state index in [1.54, 1.807) is 4.90 Å². The maximum absolute atomic E-state index is 12.3. The number of carbonyl (C=O) groups excluding carboxylic acids is 1. The second kappa shape index (κ2) is 5.51. The van der Waals surface area contributed by atoms with Crippen LogP contribution in [0.4, 0.5) is 10.5 Å². The van der Waals surface area contributed by atoms with E-state index in [0.717, 1.165) is 29.3 Å². The van der Waals surface area contributed by atoms with Crippen LogP contribution >= 0.6 is 0 Å². The highest BCUT2D eigenvalue weighted by atomic mass is 16.3. The van der Waals surface area contributed by atoms with Crippen molar-refractivity contribution in [1.29, 1.82) is 0 Å². The Labute approximate surface area is 118 Å². The van der Waals surface area contributed by atoms with Crippen molar-refractivity contribution >= 4 is 22.5 Å². The van der Waals surface area contributed by atoms with E-state index < -0.39 is 0 Å². The molecule has 20 heavy (non-hydrogen) atoms. The number of aliphatic hydroxyl groups is 1. The summed E-state index contributed by atoms with van der Waals surface area (Å²) >= 11 is 0. The van der Waals surface area contributed by atoms with Crippen LogP contribution in [0, 0.1) is 0 Å². The van der Waals surface area contributed by atoms with Gasteiger partial charge in [0.05, 0.1) is 18.3 Å². The Bertz CT molecular complexity index is 621. The summed E-state index contributed by atoms with van der Waals surface area (Å²) in [7, 11) is 0. The average Bonchev–Trinajstić information content (AvgIpc) is 2.96. The predicted octanol–water partition coefficient (Wildman–Crippen LogP) is 2.83. The number of fused-ring (bicyclic) bond motifs is 1. The quantitative estimate of drug-likeness (QED) is 0.881. The molecular weight excluding hydrogens is 252 g/mol. The van der Waals surface area contributed by atoms with Gasteiger partial charge in [-0.15, -0.1) is 0 Å². The van der Waals surface area contributed by atoms with Gasteiger partial charge in [0.1, 0.15) is 0 Å². The van der Waals surface area contributed by atoms with Crippen LogP contribution in [-0.2, 0) is 0 Å². The average molecular weight is 270 g/mol. The molecule has 1 aliphatic heterocycles. The van der Waals surface area contributed by atoms with Crippen molar-refractivity contribution < 1.29 is 9.90 Å². The van der Waals surface area contributed by atoms with Crippen molar-refractivity contribution in [1.82, 2.24) is 4.90 Å². The lowest BCUT2D eigenvalue weighted by Crippen LogP contribution is -2.40. The van der Waals surface area contributed by atoms with Gasteiger partial charge in [0.15, 0.2) is 0 Å². The first-order valence-electron chi connectivity index (χ1n) is 6.96. The van der Waals surface area contributed by atoms with E-state index in [9.17, 15) is 9.90 Å². The number of amides is 2. The molecule has 0 spiro atoms. The van der Waals surface area contributed by atoms with Crippen LogP contribution in [0.1, 0.15) is 12.8 Å². The van der Waals surface area contributed by atoms with Crippen molar-refractivity contribution in [2.45, 2.75) is 18.9 Å². The number of likely N-dealkylation sites (tertiary alicyclic amines) is 1. The summed E-state index contributed by atoms with van der Waals surface area (Å²) in [6.45, 7) is 0.741. The Morgan fingerprint density at radius 1 is 1.25 bits per heavy atom.